The molecule has 0 aromatic heterocycles. The molecule has 0 aromatic rings. The maximum absolute atomic E-state index is 4.31. The fourth-order valence-electron chi connectivity index (χ4n) is 2.85. The number of nitrogens with zero attached hydrogens (tertiary/aromatic N) is 2. The Morgan fingerprint density at radius 2 is 2.05 bits per heavy atom. The molecular weight excluding hydrogens is 375 g/mol. The number of nitrogens with one attached hydrogen (secondary N) is 2. The molecule has 0 bridgehead atoms. The van der Waals surface area contributed by atoms with Crippen LogP contribution in [0.2, 0.25) is 0 Å². The van der Waals surface area contributed by atoms with E-state index in [4.69, 9.17) is 0 Å². The highest BCUT2D eigenvalue weighted by Crippen LogP contribution is 2.17. The van der Waals surface area contributed by atoms with E-state index in [0.29, 0.717) is 6.04 Å². The van der Waals surface area contributed by atoms with Crippen LogP contribution in [0.1, 0.15) is 52.9 Å². The normalized spacial score (nSPS) is 19.7. The van der Waals surface area contributed by atoms with Crippen molar-refractivity contribution in [3.8, 4) is 0 Å². The van der Waals surface area contributed by atoms with E-state index in [-0.39, 0.29) is 24.0 Å². The molecule has 4 nitrogen and oxygen atoms in total. The highest BCUT2D eigenvalue weighted by atomic mass is 127. The lowest BCUT2D eigenvalue weighted by Gasteiger charge is -2.27. The van der Waals surface area contributed by atoms with Crippen LogP contribution in [-0.2, 0) is 0 Å². The molecule has 0 spiro atoms. The summed E-state index contributed by atoms with van der Waals surface area (Å²) in [7, 11) is 1.86. The molecule has 0 amide bonds. The van der Waals surface area contributed by atoms with Gasteiger partial charge in [-0.1, -0.05) is 33.6 Å². The van der Waals surface area contributed by atoms with Gasteiger partial charge in [0.2, 0.25) is 0 Å². The molecule has 0 aromatic carbocycles. The molecule has 2 N–H and O–H groups in total. The first kappa shape index (κ1) is 21.0. The van der Waals surface area contributed by atoms with Crippen molar-refractivity contribution in [1.82, 2.24) is 15.5 Å². The first-order valence-corrected chi connectivity index (χ1v) is 8.36. The first-order valence-electron chi connectivity index (χ1n) is 8.36. The summed E-state index contributed by atoms with van der Waals surface area (Å²) in [5.74, 6) is 1.71. The summed E-state index contributed by atoms with van der Waals surface area (Å²) in [6.07, 6.45) is 6.42. The van der Waals surface area contributed by atoms with Gasteiger partial charge >= 0.3 is 0 Å². The van der Waals surface area contributed by atoms with E-state index in [1.54, 1.807) is 0 Å². The van der Waals surface area contributed by atoms with Gasteiger partial charge in [0.15, 0.2) is 5.96 Å². The van der Waals surface area contributed by atoms with Crippen molar-refractivity contribution in [3.63, 3.8) is 0 Å². The molecule has 1 heterocycles. The van der Waals surface area contributed by atoms with Crippen LogP contribution in [0.5, 0.6) is 0 Å². The minimum absolute atomic E-state index is 0. The van der Waals surface area contributed by atoms with Crippen LogP contribution in [0.4, 0.5) is 0 Å². The van der Waals surface area contributed by atoms with Crippen molar-refractivity contribution >= 4 is 29.9 Å². The molecule has 1 rings (SSSR count). The fourth-order valence-corrected chi connectivity index (χ4v) is 2.85. The molecule has 1 aliphatic heterocycles. The fraction of sp³-hybridized carbons (Fsp3) is 0.938. The van der Waals surface area contributed by atoms with E-state index in [9.17, 15) is 0 Å². The summed E-state index contributed by atoms with van der Waals surface area (Å²) in [5, 5.41) is 6.89. The molecule has 21 heavy (non-hydrogen) atoms. The van der Waals surface area contributed by atoms with Crippen LogP contribution in [0.25, 0.3) is 0 Å². The Morgan fingerprint density at radius 3 is 2.67 bits per heavy atom. The van der Waals surface area contributed by atoms with Gasteiger partial charge in [0.05, 0.1) is 0 Å². The third kappa shape index (κ3) is 8.86. The van der Waals surface area contributed by atoms with Crippen molar-refractivity contribution < 1.29 is 0 Å². The van der Waals surface area contributed by atoms with E-state index >= 15 is 0 Å². The zero-order valence-corrected chi connectivity index (χ0v) is 16.7. The van der Waals surface area contributed by atoms with Gasteiger partial charge in [-0.25, -0.2) is 0 Å². The summed E-state index contributed by atoms with van der Waals surface area (Å²) in [6, 6.07) is 0.673. The molecule has 0 unspecified atom stereocenters. The van der Waals surface area contributed by atoms with E-state index in [0.717, 1.165) is 25.0 Å². The van der Waals surface area contributed by atoms with Crippen molar-refractivity contribution in [3.05, 3.63) is 0 Å². The Morgan fingerprint density at radius 1 is 1.29 bits per heavy atom. The molecule has 1 saturated heterocycles. The lowest BCUT2D eigenvalue weighted by molar-refractivity contribution is 0.226. The smallest absolute Gasteiger partial charge is 0.191 e. The Kier molecular flexibility index (Phi) is 12.5. The second kappa shape index (κ2) is 12.5. The minimum atomic E-state index is 0. The summed E-state index contributed by atoms with van der Waals surface area (Å²) < 4.78 is 0. The van der Waals surface area contributed by atoms with Crippen LogP contribution in [0.15, 0.2) is 4.99 Å². The van der Waals surface area contributed by atoms with Crippen molar-refractivity contribution in [2.75, 3.05) is 33.2 Å². The Hall–Kier alpha value is -0.0400. The summed E-state index contributed by atoms with van der Waals surface area (Å²) in [4.78, 5) is 6.94. The van der Waals surface area contributed by atoms with Gasteiger partial charge in [-0.3, -0.25) is 9.89 Å². The number of hydrogen-bond donors (Lipinski definition) is 2. The standard InChI is InChI=1S/C16H34N4.HI/c1-5-6-7-10-18-16(17-4)19-12-15-9-8-11-20(15)13-14(2)3;/h14-15H,5-13H2,1-4H3,(H2,17,18,19);1H/t15-;/m1./s1. The van der Waals surface area contributed by atoms with Gasteiger partial charge in [0, 0.05) is 32.7 Å². The van der Waals surface area contributed by atoms with Crippen molar-refractivity contribution in [2.24, 2.45) is 10.9 Å². The largest absolute Gasteiger partial charge is 0.356 e. The lowest BCUT2D eigenvalue weighted by Crippen LogP contribution is -2.45. The molecule has 0 radical (unpaired) electrons. The second-order valence-electron chi connectivity index (χ2n) is 6.27. The molecule has 1 aliphatic rings. The molecule has 5 heteroatoms. The quantitative estimate of drug-likeness (QED) is 0.280. The monoisotopic (exact) mass is 410 g/mol. The van der Waals surface area contributed by atoms with Gasteiger partial charge in [0.1, 0.15) is 0 Å². The van der Waals surface area contributed by atoms with Gasteiger partial charge in [-0.15, -0.1) is 24.0 Å². The van der Waals surface area contributed by atoms with Gasteiger partial charge < -0.3 is 10.6 Å². The second-order valence-corrected chi connectivity index (χ2v) is 6.27. The molecule has 0 aliphatic carbocycles. The summed E-state index contributed by atoms with van der Waals surface area (Å²) in [6.45, 7) is 11.3. The Labute approximate surface area is 148 Å². The highest BCUT2D eigenvalue weighted by molar-refractivity contribution is 14.0. The predicted molar refractivity (Wildman–Crippen MR) is 104 cm³/mol. The minimum Gasteiger partial charge on any atom is -0.356 e. The van der Waals surface area contributed by atoms with E-state index < -0.39 is 0 Å². The number of rotatable bonds is 8. The molecular formula is C16H35IN4. The van der Waals surface area contributed by atoms with Crippen LogP contribution >= 0.6 is 24.0 Å². The average molecular weight is 410 g/mol. The number of likely N-dealkylation sites (tertiary alicyclic amines) is 1. The maximum atomic E-state index is 4.31. The molecule has 1 atom stereocenters. The third-order valence-electron chi connectivity index (χ3n) is 3.90. The zero-order valence-electron chi connectivity index (χ0n) is 14.3. The summed E-state index contributed by atoms with van der Waals surface area (Å²) in [5.41, 5.74) is 0. The SMILES string of the molecule is CCCCCNC(=NC)NC[C@H]1CCCN1CC(C)C.I. The van der Waals surface area contributed by atoms with E-state index in [1.165, 1.54) is 45.2 Å². The van der Waals surface area contributed by atoms with Gasteiger partial charge in [-0.05, 0) is 31.7 Å². The number of unbranched alkanes of at least 4 members (excludes halogenated alkanes) is 2. The van der Waals surface area contributed by atoms with Crippen molar-refractivity contribution in [1.29, 1.82) is 0 Å². The van der Waals surface area contributed by atoms with Crippen LogP contribution in [-0.4, -0.2) is 50.1 Å². The molecule has 0 saturated carbocycles. The Balaban J connectivity index is 0.00000400. The predicted octanol–water partition coefficient (Wildman–Crippen LogP) is 3.08. The maximum Gasteiger partial charge on any atom is 0.191 e. The van der Waals surface area contributed by atoms with Gasteiger partial charge in [0.25, 0.3) is 0 Å². The highest BCUT2D eigenvalue weighted by Gasteiger charge is 2.24. The third-order valence-corrected chi connectivity index (χ3v) is 3.90. The van der Waals surface area contributed by atoms with E-state index in [1.807, 2.05) is 7.05 Å². The zero-order chi connectivity index (χ0) is 14.8. The van der Waals surface area contributed by atoms with Gasteiger partial charge in [-0.2, -0.15) is 0 Å². The number of guanidine groups is 1. The number of hydrogen-bond acceptors (Lipinski definition) is 2. The first-order chi connectivity index (χ1) is 9.67. The number of aliphatic imine (C=N–C) groups is 1. The van der Waals surface area contributed by atoms with E-state index in [2.05, 4.69) is 41.3 Å². The average Bonchev–Trinajstić information content (AvgIpc) is 2.84. The van der Waals surface area contributed by atoms with Crippen LogP contribution < -0.4 is 10.6 Å². The summed E-state index contributed by atoms with van der Waals surface area (Å²) >= 11 is 0. The topological polar surface area (TPSA) is 39.7 Å². The number of halogens is 1. The van der Waals surface area contributed by atoms with Crippen LogP contribution in [0, 0.1) is 5.92 Å². The molecule has 1 fully saturated rings. The Bertz CT molecular complexity index is 281. The van der Waals surface area contributed by atoms with Crippen LogP contribution in [0.3, 0.4) is 0 Å². The molecule has 126 valence electrons. The lowest BCUT2D eigenvalue weighted by atomic mass is 10.1. The van der Waals surface area contributed by atoms with Crippen molar-refractivity contribution in [2.45, 2.75) is 58.9 Å².